The lowest BCUT2D eigenvalue weighted by Crippen LogP contribution is -2.41. The molecule has 0 radical (unpaired) electrons. The van der Waals surface area contributed by atoms with E-state index in [9.17, 15) is 9.90 Å². The molecule has 2 aromatic rings. The van der Waals surface area contributed by atoms with E-state index >= 15 is 0 Å². The van der Waals surface area contributed by atoms with Gasteiger partial charge in [0, 0.05) is 23.4 Å². The summed E-state index contributed by atoms with van der Waals surface area (Å²) in [6, 6.07) is 8.80. The summed E-state index contributed by atoms with van der Waals surface area (Å²) in [6.07, 6.45) is 4.87. The van der Waals surface area contributed by atoms with Gasteiger partial charge >= 0.3 is 5.63 Å². The number of aliphatic hydroxyl groups excluding tert-OH is 1. The fraction of sp³-hybridized carbons (Fsp3) is 0.522. The first-order chi connectivity index (χ1) is 12.8. The van der Waals surface area contributed by atoms with E-state index in [2.05, 4.69) is 26.8 Å². The lowest BCUT2D eigenvalue weighted by molar-refractivity contribution is 0.0471. The number of allylic oxidation sites excluding steroid dienone is 1. The molecule has 1 aliphatic carbocycles. The number of hydrogen-bond donors (Lipinski definition) is 1. The van der Waals surface area contributed by atoms with E-state index in [1.54, 1.807) is 12.1 Å². The Morgan fingerprint density at radius 2 is 2.07 bits per heavy atom. The maximum absolute atomic E-state index is 11.5. The van der Waals surface area contributed by atoms with Gasteiger partial charge in [-0.05, 0) is 62.6 Å². The predicted molar refractivity (Wildman–Crippen MR) is 108 cm³/mol. The molecule has 1 N–H and O–H groups in total. The Balaban J connectivity index is 1.80. The highest BCUT2D eigenvalue weighted by Gasteiger charge is 2.42. The standard InChI is InChI=1S/C23H30O4/c1-15-5-6-16(2)23(4,12-11-17(3)24)20(15)14-26-19-9-7-18-8-10-22(25)27-21(18)13-19/h5,7-10,13,16-17,20,24H,6,11-12,14H2,1-4H3/t16?,17-,20?,23?/m1/s1. The lowest BCUT2D eigenvalue weighted by atomic mass is 9.60. The van der Waals surface area contributed by atoms with Crippen LogP contribution in [-0.4, -0.2) is 17.8 Å². The minimum Gasteiger partial charge on any atom is -0.493 e. The molecule has 0 fully saturated rings. The fourth-order valence-electron chi connectivity index (χ4n) is 4.21. The van der Waals surface area contributed by atoms with Gasteiger partial charge in [0.25, 0.3) is 0 Å². The van der Waals surface area contributed by atoms with Crippen molar-refractivity contribution in [2.45, 2.75) is 53.1 Å². The van der Waals surface area contributed by atoms with Crippen molar-refractivity contribution in [1.29, 1.82) is 0 Å². The highest BCUT2D eigenvalue weighted by Crippen LogP contribution is 2.48. The molecule has 4 nitrogen and oxygen atoms in total. The Morgan fingerprint density at radius 1 is 1.33 bits per heavy atom. The summed E-state index contributed by atoms with van der Waals surface area (Å²) in [5, 5.41) is 10.7. The van der Waals surface area contributed by atoms with E-state index in [0.717, 1.165) is 24.6 Å². The van der Waals surface area contributed by atoms with Gasteiger partial charge in [-0.2, -0.15) is 0 Å². The number of ether oxygens (including phenoxy) is 1. The molecule has 0 spiro atoms. The largest absolute Gasteiger partial charge is 0.493 e. The number of aliphatic hydroxyl groups is 1. The summed E-state index contributed by atoms with van der Waals surface area (Å²) >= 11 is 0. The van der Waals surface area contributed by atoms with E-state index in [1.807, 2.05) is 19.1 Å². The van der Waals surface area contributed by atoms with Crippen molar-refractivity contribution in [3.05, 3.63) is 52.4 Å². The Labute approximate surface area is 160 Å². The Kier molecular flexibility index (Phi) is 5.75. The first kappa shape index (κ1) is 19.7. The topological polar surface area (TPSA) is 59.7 Å². The summed E-state index contributed by atoms with van der Waals surface area (Å²) in [4.78, 5) is 11.5. The van der Waals surface area contributed by atoms with Crippen molar-refractivity contribution in [2.75, 3.05) is 6.61 Å². The summed E-state index contributed by atoms with van der Waals surface area (Å²) in [5.74, 6) is 1.53. The quantitative estimate of drug-likeness (QED) is 0.578. The van der Waals surface area contributed by atoms with Gasteiger partial charge in [-0.1, -0.05) is 25.5 Å². The van der Waals surface area contributed by atoms with E-state index < -0.39 is 0 Å². The zero-order valence-electron chi connectivity index (χ0n) is 16.7. The fourth-order valence-corrected chi connectivity index (χ4v) is 4.21. The molecule has 3 unspecified atom stereocenters. The van der Waals surface area contributed by atoms with Gasteiger partial charge in [-0.25, -0.2) is 4.79 Å². The first-order valence-electron chi connectivity index (χ1n) is 9.81. The maximum atomic E-state index is 11.5. The van der Waals surface area contributed by atoms with Gasteiger partial charge in [-0.15, -0.1) is 0 Å². The van der Waals surface area contributed by atoms with Crippen LogP contribution in [0.3, 0.4) is 0 Å². The van der Waals surface area contributed by atoms with Gasteiger partial charge < -0.3 is 14.3 Å². The highest BCUT2D eigenvalue weighted by atomic mass is 16.5. The molecule has 1 aliphatic rings. The molecule has 1 heterocycles. The number of hydrogen-bond acceptors (Lipinski definition) is 4. The van der Waals surface area contributed by atoms with Crippen LogP contribution in [0.4, 0.5) is 0 Å². The summed E-state index contributed by atoms with van der Waals surface area (Å²) in [5.41, 5.74) is 1.62. The Bertz CT molecular complexity index is 879. The summed E-state index contributed by atoms with van der Waals surface area (Å²) in [6.45, 7) is 9.23. The smallest absolute Gasteiger partial charge is 0.336 e. The van der Waals surface area contributed by atoms with Crippen LogP contribution in [0.15, 0.2) is 51.2 Å². The molecule has 146 valence electrons. The molecule has 0 bridgehead atoms. The molecule has 1 aromatic carbocycles. The molecule has 4 atom stereocenters. The monoisotopic (exact) mass is 370 g/mol. The third-order valence-corrected chi connectivity index (χ3v) is 6.38. The average molecular weight is 370 g/mol. The number of benzene rings is 1. The predicted octanol–water partition coefficient (Wildman–Crippen LogP) is 4.94. The van der Waals surface area contributed by atoms with Crippen LogP contribution in [0.1, 0.15) is 47.0 Å². The third kappa shape index (κ3) is 4.27. The highest BCUT2D eigenvalue weighted by molar-refractivity contribution is 5.77. The minimum absolute atomic E-state index is 0.0826. The Hall–Kier alpha value is -2.07. The zero-order chi connectivity index (χ0) is 19.6. The summed E-state index contributed by atoms with van der Waals surface area (Å²) < 4.78 is 11.4. The second-order valence-corrected chi connectivity index (χ2v) is 8.30. The van der Waals surface area contributed by atoms with Crippen LogP contribution in [-0.2, 0) is 0 Å². The van der Waals surface area contributed by atoms with Gasteiger partial charge in [0.1, 0.15) is 11.3 Å². The van der Waals surface area contributed by atoms with Crippen molar-refractivity contribution < 1.29 is 14.3 Å². The van der Waals surface area contributed by atoms with Gasteiger partial charge in [-0.3, -0.25) is 0 Å². The normalized spacial score (nSPS) is 26.6. The molecular formula is C23H30O4. The van der Waals surface area contributed by atoms with E-state index in [1.165, 1.54) is 11.6 Å². The lowest BCUT2D eigenvalue weighted by Gasteiger charge is -2.46. The Morgan fingerprint density at radius 3 is 2.81 bits per heavy atom. The van der Waals surface area contributed by atoms with Crippen molar-refractivity contribution in [3.63, 3.8) is 0 Å². The van der Waals surface area contributed by atoms with Gasteiger partial charge in [0.15, 0.2) is 0 Å². The molecule has 0 saturated heterocycles. The van der Waals surface area contributed by atoms with E-state index in [4.69, 9.17) is 9.15 Å². The molecular weight excluding hydrogens is 340 g/mol. The second-order valence-electron chi connectivity index (χ2n) is 8.30. The van der Waals surface area contributed by atoms with Crippen LogP contribution in [0.5, 0.6) is 5.75 Å². The van der Waals surface area contributed by atoms with Crippen LogP contribution < -0.4 is 10.4 Å². The SMILES string of the molecule is CC1=CCC(C)C(C)(CC[C@@H](C)O)C1COc1ccc2ccc(=O)oc2c1. The van der Waals surface area contributed by atoms with Gasteiger partial charge in [0.2, 0.25) is 0 Å². The number of rotatable bonds is 6. The third-order valence-electron chi connectivity index (χ3n) is 6.38. The molecule has 0 amide bonds. The molecule has 4 heteroatoms. The first-order valence-corrected chi connectivity index (χ1v) is 9.81. The minimum atomic E-state index is -0.356. The van der Waals surface area contributed by atoms with Crippen LogP contribution >= 0.6 is 0 Å². The molecule has 1 aromatic heterocycles. The van der Waals surface area contributed by atoms with E-state index in [-0.39, 0.29) is 17.1 Å². The molecule has 3 rings (SSSR count). The molecule has 27 heavy (non-hydrogen) atoms. The van der Waals surface area contributed by atoms with Crippen molar-refractivity contribution in [2.24, 2.45) is 17.3 Å². The molecule has 0 saturated carbocycles. The van der Waals surface area contributed by atoms with Crippen molar-refractivity contribution >= 4 is 11.0 Å². The number of fused-ring (bicyclic) bond motifs is 1. The van der Waals surface area contributed by atoms with Crippen molar-refractivity contribution in [1.82, 2.24) is 0 Å². The zero-order valence-corrected chi connectivity index (χ0v) is 16.7. The average Bonchev–Trinajstić information content (AvgIpc) is 2.63. The molecule has 0 aliphatic heterocycles. The van der Waals surface area contributed by atoms with Gasteiger partial charge in [0.05, 0.1) is 12.7 Å². The van der Waals surface area contributed by atoms with E-state index in [0.29, 0.717) is 29.8 Å². The van der Waals surface area contributed by atoms with Crippen molar-refractivity contribution in [3.8, 4) is 5.75 Å². The summed E-state index contributed by atoms with van der Waals surface area (Å²) in [7, 11) is 0. The van der Waals surface area contributed by atoms with Crippen LogP contribution in [0.25, 0.3) is 11.0 Å². The van der Waals surface area contributed by atoms with Crippen LogP contribution in [0, 0.1) is 17.3 Å². The van der Waals surface area contributed by atoms with Crippen LogP contribution in [0.2, 0.25) is 0 Å². The second kappa shape index (κ2) is 7.89. The maximum Gasteiger partial charge on any atom is 0.336 e.